The van der Waals surface area contributed by atoms with Crippen LogP contribution in [0.3, 0.4) is 0 Å². The van der Waals surface area contributed by atoms with Crippen molar-refractivity contribution < 1.29 is 22.0 Å². The second kappa shape index (κ2) is 6.05. The SMILES string of the molecule is Fc1c(F)c(F)c(P(=S)(N=C=S)N=C=S)c(F)c1F. The topological polar surface area (TPSA) is 24.7 Å². The van der Waals surface area contributed by atoms with Crippen molar-refractivity contribution in [1.29, 1.82) is 0 Å². The molecule has 0 radical (unpaired) electrons. The molecule has 0 aliphatic carbocycles. The molecule has 0 aliphatic heterocycles. The Morgan fingerprint density at radius 3 is 1.37 bits per heavy atom. The zero-order chi connectivity index (χ0) is 14.8. The molecule has 0 aromatic heterocycles. The van der Waals surface area contributed by atoms with Crippen LogP contribution in [0, 0.1) is 29.1 Å². The first-order chi connectivity index (χ1) is 8.80. The van der Waals surface area contributed by atoms with Gasteiger partial charge in [0.25, 0.3) is 0 Å². The molecular weight excluding hydrogens is 346 g/mol. The predicted molar refractivity (Wildman–Crippen MR) is 70.2 cm³/mol. The molecule has 19 heavy (non-hydrogen) atoms. The van der Waals surface area contributed by atoms with Gasteiger partial charge in [-0.3, -0.25) is 0 Å². The summed E-state index contributed by atoms with van der Waals surface area (Å²) in [6.45, 7) is 0. The first-order valence-electron chi connectivity index (χ1n) is 4.11. The van der Waals surface area contributed by atoms with E-state index in [9.17, 15) is 22.0 Å². The van der Waals surface area contributed by atoms with E-state index >= 15 is 0 Å². The fourth-order valence-electron chi connectivity index (χ4n) is 1.08. The van der Waals surface area contributed by atoms with Crippen molar-refractivity contribution in [2.24, 2.45) is 9.53 Å². The van der Waals surface area contributed by atoms with Gasteiger partial charge in [0.2, 0.25) is 12.2 Å². The summed E-state index contributed by atoms with van der Waals surface area (Å²) in [6, 6.07) is 0. The second-order valence-electron chi connectivity index (χ2n) is 2.85. The van der Waals surface area contributed by atoms with E-state index in [2.05, 4.69) is 45.8 Å². The Bertz CT molecular complexity index is 643. The Kier molecular flexibility index (Phi) is 5.15. The van der Waals surface area contributed by atoms with Crippen molar-refractivity contribution in [3.8, 4) is 0 Å². The first-order valence-corrected chi connectivity index (χ1v) is 7.63. The number of halogens is 5. The van der Waals surface area contributed by atoms with Gasteiger partial charge in [-0.25, -0.2) is 22.0 Å². The van der Waals surface area contributed by atoms with Gasteiger partial charge in [-0.2, -0.15) is 9.53 Å². The molecule has 0 saturated carbocycles. The minimum Gasteiger partial charge on any atom is -0.203 e. The van der Waals surface area contributed by atoms with Crippen LogP contribution in [0.5, 0.6) is 0 Å². The molecular formula is C8F5N2PS3. The molecule has 2 nitrogen and oxygen atoms in total. The monoisotopic (exact) mass is 346 g/mol. The van der Waals surface area contributed by atoms with E-state index in [1.54, 1.807) is 10.3 Å². The van der Waals surface area contributed by atoms with Crippen LogP contribution in [-0.2, 0) is 11.8 Å². The Labute approximate surface area is 119 Å². The molecule has 0 unspecified atom stereocenters. The van der Waals surface area contributed by atoms with Gasteiger partial charge in [0.05, 0.1) is 10.3 Å². The van der Waals surface area contributed by atoms with Crippen LogP contribution in [0.2, 0.25) is 0 Å². The highest BCUT2D eigenvalue weighted by atomic mass is 32.4. The lowest BCUT2D eigenvalue weighted by Crippen LogP contribution is -2.19. The third-order valence-corrected chi connectivity index (χ3v) is 5.04. The molecule has 1 aromatic rings. The van der Waals surface area contributed by atoms with Gasteiger partial charge in [-0.1, -0.05) is 0 Å². The van der Waals surface area contributed by atoms with Crippen LogP contribution in [0.1, 0.15) is 0 Å². The Balaban J connectivity index is 3.92. The van der Waals surface area contributed by atoms with E-state index < -0.39 is 40.7 Å². The van der Waals surface area contributed by atoms with E-state index in [0.717, 1.165) is 0 Å². The fraction of sp³-hybridized carbons (Fsp3) is 0. The Morgan fingerprint density at radius 2 is 1.05 bits per heavy atom. The minimum atomic E-state index is -3.96. The van der Waals surface area contributed by atoms with Crippen molar-refractivity contribution in [2.45, 2.75) is 0 Å². The number of rotatable bonds is 3. The summed E-state index contributed by atoms with van der Waals surface area (Å²) in [5, 5.41) is 2.05. The van der Waals surface area contributed by atoms with Gasteiger partial charge >= 0.3 is 0 Å². The standard InChI is InChI=1S/C8F5N2PS3/c9-3-4(10)6(12)8(7(13)5(3)11)16(19,14-1-17)15-2-18. The summed E-state index contributed by atoms with van der Waals surface area (Å²) in [5.41, 5.74) is 0. The van der Waals surface area contributed by atoms with E-state index in [0.29, 0.717) is 0 Å². The average Bonchev–Trinajstić information content (AvgIpc) is 2.34. The van der Waals surface area contributed by atoms with Crippen molar-refractivity contribution >= 4 is 58.2 Å². The van der Waals surface area contributed by atoms with E-state index in [1.807, 2.05) is 0 Å². The van der Waals surface area contributed by atoms with Gasteiger partial charge in [0.15, 0.2) is 23.3 Å². The van der Waals surface area contributed by atoms with Crippen LogP contribution in [0.15, 0.2) is 9.53 Å². The summed E-state index contributed by atoms with van der Waals surface area (Å²) in [7, 11) is 0. The molecule has 0 spiro atoms. The molecule has 0 heterocycles. The molecule has 0 saturated heterocycles. The molecule has 0 amide bonds. The van der Waals surface area contributed by atoms with Gasteiger partial charge in [0.1, 0.15) is 5.30 Å². The molecule has 0 fully saturated rings. The van der Waals surface area contributed by atoms with Crippen molar-refractivity contribution in [1.82, 2.24) is 0 Å². The number of benzene rings is 1. The van der Waals surface area contributed by atoms with Crippen molar-refractivity contribution in [3.63, 3.8) is 0 Å². The Hall–Kier alpha value is -0.880. The quantitative estimate of drug-likeness (QED) is 0.209. The predicted octanol–water partition coefficient (Wildman–Crippen LogP) is 3.52. The van der Waals surface area contributed by atoms with Crippen molar-refractivity contribution in [2.75, 3.05) is 0 Å². The zero-order valence-electron chi connectivity index (χ0n) is 8.46. The second-order valence-corrected chi connectivity index (χ2v) is 6.67. The third kappa shape index (κ3) is 2.84. The highest BCUT2D eigenvalue weighted by Crippen LogP contribution is 2.49. The summed E-state index contributed by atoms with van der Waals surface area (Å²) in [4.78, 5) is 0. The maximum Gasteiger partial charge on any atom is 0.215 e. The minimum absolute atomic E-state index is 1.35. The highest BCUT2D eigenvalue weighted by molar-refractivity contribution is 8.17. The van der Waals surface area contributed by atoms with Crippen LogP contribution in [0.4, 0.5) is 22.0 Å². The Morgan fingerprint density at radius 1 is 0.737 bits per heavy atom. The number of nitrogens with zero attached hydrogens (tertiary/aromatic N) is 2. The largest absolute Gasteiger partial charge is 0.215 e. The molecule has 0 atom stereocenters. The number of thiocarbonyl (C=S) groups is 2. The molecule has 0 aliphatic rings. The number of isothiocyanates is 2. The van der Waals surface area contributed by atoms with E-state index in [-0.39, 0.29) is 0 Å². The van der Waals surface area contributed by atoms with Crippen LogP contribution >= 0.6 is 30.8 Å². The summed E-state index contributed by atoms with van der Waals surface area (Å²) in [6.07, 6.45) is -3.96. The molecule has 1 rings (SSSR count). The van der Waals surface area contributed by atoms with Crippen LogP contribution in [0.25, 0.3) is 0 Å². The van der Waals surface area contributed by atoms with E-state index in [4.69, 9.17) is 0 Å². The smallest absolute Gasteiger partial charge is 0.203 e. The first kappa shape index (κ1) is 16.2. The maximum absolute atomic E-state index is 13.5. The lowest BCUT2D eigenvalue weighted by molar-refractivity contribution is 0.384. The lowest BCUT2D eigenvalue weighted by Gasteiger charge is -2.12. The van der Waals surface area contributed by atoms with Gasteiger partial charge < -0.3 is 0 Å². The normalized spacial score (nSPS) is 13.1. The van der Waals surface area contributed by atoms with Crippen LogP contribution < -0.4 is 5.30 Å². The van der Waals surface area contributed by atoms with Crippen molar-refractivity contribution in [3.05, 3.63) is 29.1 Å². The number of hydrogen-bond acceptors (Lipinski definition) is 3. The number of hydrogen-bond donors (Lipinski definition) is 0. The van der Waals surface area contributed by atoms with E-state index in [1.165, 1.54) is 0 Å². The molecule has 100 valence electrons. The molecule has 11 heteroatoms. The van der Waals surface area contributed by atoms with Gasteiger partial charge in [0, 0.05) is 0 Å². The fourth-order valence-corrected chi connectivity index (χ4v) is 4.00. The summed E-state index contributed by atoms with van der Waals surface area (Å²) < 4.78 is 72.5. The lowest BCUT2D eigenvalue weighted by atomic mass is 10.3. The average molecular weight is 346 g/mol. The van der Waals surface area contributed by atoms with Gasteiger partial charge in [-0.05, 0) is 36.2 Å². The van der Waals surface area contributed by atoms with Crippen LogP contribution in [-0.4, -0.2) is 10.3 Å². The maximum atomic E-state index is 13.5. The highest BCUT2D eigenvalue weighted by Gasteiger charge is 2.34. The molecule has 0 N–H and O–H groups in total. The molecule has 1 aromatic carbocycles. The zero-order valence-corrected chi connectivity index (χ0v) is 11.8. The third-order valence-electron chi connectivity index (χ3n) is 1.83. The summed E-state index contributed by atoms with van der Waals surface area (Å²) in [5.74, 6) is -10.9. The van der Waals surface area contributed by atoms with Gasteiger partial charge in [-0.15, -0.1) is 0 Å². The molecule has 0 bridgehead atoms. The summed E-state index contributed by atoms with van der Waals surface area (Å²) >= 11 is 13.1.